The van der Waals surface area contributed by atoms with Crippen molar-refractivity contribution in [3.05, 3.63) is 30.2 Å². The van der Waals surface area contributed by atoms with Gasteiger partial charge < -0.3 is 19.5 Å². The first-order valence-electron chi connectivity index (χ1n) is 10.7. The number of hydrogen-bond acceptors (Lipinski definition) is 6. The van der Waals surface area contributed by atoms with E-state index in [0.29, 0.717) is 43.6 Å². The number of likely N-dealkylation sites (tertiary alicyclic amines) is 1. The Morgan fingerprint density at radius 1 is 1.24 bits per heavy atom. The number of hydrogen-bond donors (Lipinski definition) is 1. The van der Waals surface area contributed by atoms with Crippen LogP contribution in [0.1, 0.15) is 45.4 Å². The van der Waals surface area contributed by atoms with E-state index in [1.54, 1.807) is 0 Å². The molecule has 7 nitrogen and oxygen atoms in total. The van der Waals surface area contributed by atoms with E-state index in [-0.39, 0.29) is 5.91 Å². The molecule has 3 rings (SSSR count). The molecule has 1 amide bonds. The second kappa shape index (κ2) is 11.0. The van der Waals surface area contributed by atoms with Gasteiger partial charge >= 0.3 is 0 Å². The zero-order valence-corrected chi connectivity index (χ0v) is 17.5. The lowest BCUT2D eigenvalue weighted by molar-refractivity contribution is -0.121. The van der Waals surface area contributed by atoms with E-state index in [0.717, 1.165) is 17.9 Å². The van der Waals surface area contributed by atoms with Crippen LogP contribution in [0.5, 0.6) is 5.75 Å². The normalized spacial score (nSPS) is 15.8. The van der Waals surface area contributed by atoms with Gasteiger partial charge in [0.25, 0.3) is 0 Å². The highest BCUT2D eigenvalue weighted by Gasteiger charge is 2.15. The fourth-order valence-corrected chi connectivity index (χ4v) is 3.58. The minimum absolute atomic E-state index is 0.0244. The van der Waals surface area contributed by atoms with Crippen molar-refractivity contribution in [2.75, 3.05) is 32.8 Å². The number of benzene rings is 1. The number of piperidine rings is 1. The predicted octanol–water partition coefficient (Wildman–Crippen LogP) is 3.31. The largest absolute Gasteiger partial charge is 0.494 e. The molecule has 1 fully saturated rings. The Morgan fingerprint density at radius 3 is 2.72 bits per heavy atom. The summed E-state index contributed by atoms with van der Waals surface area (Å²) in [4.78, 5) is 19.1. The van der Waals surface area contributed by atoms with E-state index in [2.05, 4.69) is 27.3 Å². The third-order valence-corrected chi connectivity index (χ3v) is 5.12. The molecule has 1 unspecified atom stereocenters. The van der Waals surface area contributed by atoms with Gasteiger partial charge in [0, 0.05) is 31.5 Å². The Morgan fingerprint density at radius 2 is 2.00 bits per heavy atom. The molecule has 2 heterocycles. The molecule has 1 aliphatic rings. The highest BCUT2D eigenvalue weighted by molar-refractivity contribution is 5.76. The highest BCUT2D eigenvalue weighted by atomic mass is 16.5. The van der Waals surface area contributed by atoms with Gasteiger partial charge in [0.05, 0.1) is 6.61 Å². The Balaban J connectivity index is 1.39. The molecule has 1 atom stereocenters. The number of ether oxygens (including phenoxy) is 1. The second-order valence-electron chi connectivity index (χ2n) is 7.74. The van der Waals surface area contributed by atoms with Gasteiger partial charge in [-0.3, -0.25) is 4.79 Å². The van der Waals surface area contributed by atoms with Crippen LogP contribution in [0.2, 0.25) is 0 Å². The van der Waals surface area contributed by atoms with Crippen molar-refractivity contribution < 1.29 is 14.1 Å². The molecule has 1 N–H and O–H groups in total. The molecule has 0 bridgehead atoms. The molecule has 1 saturated heterocycles. The first-order chi connectivity index (χ1) is 14.1. The molecule has 1 aliphatic heterocycles. The number of aromatic nitrogens is 2. The number of carbonyl (C=O) groups is 1. The summed E-state index contributed by atoms with van der Waals surface area (Å²) in [6, 6.07) is 7.56. The molecule has 2 aromatic rings. The van der Waals surface area contributed by atoms with E-state index in [9.17, 15) is 4.79 Å². The summed E-state index contributed by atoms with van der Waals surface area (Å²) < 4.78 is 10.7. The van der Waals surface area contributed by atoms with Crippen LogP contribution in [0, 0.1) is 5.92 Å². The number of carbonyl (C=O) groups excluding carboxylic acids is 1. The molecule has 0 saturated carbocycles. The smallest absolute Gasteiger partial charge is 0.227 e. The van der Waals surface area contributed by atoms with Crippen LogP contribution in [-0.4, -0.2) is 53.7 Å². The van der Waals surface area contributed by atoms with Crippen molar-refractivity contribution in [3.63, 3.8) is 0 Å². The first-order valence-corrected chi connectivity index (χ1v) is 10.7. The number of aryl methyl sites for hydroxylation is 1. The fourth-order valence-electron chi connectivity index (χ4n) is 3.58. The third kappa shape index (κ3) is 6.85. The molecule has 0 spiro atoms. The maximum atomic E-state index is 12.2. The standard InChI is InChI=1S/C22H32N4O3/c1-3-28-19-9-7-18(8-10-19)22-24-21(29-25-22)12-11-20(27)23-15-17(2)16-26-13-5-4-6-14-26/h7-10,17H,3-6,11-16H2,1-2H3,(H,23,27). The molecule has 7 heteroatoms. The minimum atomic E-state index is 0.0244. The van der Waals surface area contributed by atoms with Gasteiger partial charge in [0.1, 0.15) is 5.75 Å². The summed E-state index contributed by atoms with van der Waals surface area (Å²) in [7, 11) is 0. The number of rotatable bonds is 10. The molecule has 1 aromatic heterocycles. The summed E-state index contributed by atoms with van der Waals surface area (Å²) in [6.45, 7) is 8.90. The number of nitrogens with zero attached hydrogens (tertiary/aromatic N) is 3. The van der Waals surface area contributed by atoms with Gasteiger partial charge in [0.2, 0.25) is 17.6 Å². The average molecular weight is 401 g/mol. The summed E-state index contributed by atoms with van der Waals surface area (Å²) in [6.07, 6.45) is 4.72. The van der Waals surface area contributed by atoms with Gasteiger partial charge in [-0.05, 0) is 63.0 Å². The van der Waals surface area contributed by atoms with Crippen molar-refractivity contribution in [1.29, 1.82) is 0 Å². The lowest BCUT2D eigenvalue weighted by atomic mass is 10.1. The first kappa shape index (κ1) is 21.3. The van der Waals surface area contributed by atoms with E-state index in [1.807, 2.05) is 31.2 Å². The van der Waals surface area contributed by atoms with Crippen molar-refractivity contribution >= 4 is 5.91 Å². The Labute approximate surface area is 172 Å². The Hall–Kier alpha value is -2.41. The van der Waals surface area contributed by atoms with Crippen LogP contribution in [-0.2, 0) is 11.2 Å². The molecule has 1 aromatic carbocycles. The third-order valence-electron chi connectivity index (χ3n) is 5.12. The van der Waals surface area contributed by atoms with Crippen LogP contribution >= 0.6 is 0 Å². The SMILES string of the molecule is CCOc1ccc(-c2noc(CCC(=O)NCC(C)CN3CCCCC3)n2)cc1. The highest BCUT2D eigenvalue weighted by Crippen LogP contribution is 2.20. The van der Waals surface area contributed by atoms with Crippen LogP contribution in [0.4, 0.5) is 0 Å². The van der Waals surface area contributed by atoms with Gasteiger partial charge in [0.15, 0.2) is 0 Å². The molecular formula is C22H32N4O3. The molecule has 158 valence electrons. The Bertz CT molecular complexity index is 754. The fraction of sp³-hybridized carbons (Fsp3) is 0.591. The molecule has 29 heavy (non-hydrogen) atoms. The maximum absolute atomic E-state index is 12.2. The van der Waals surface area contributed by atoms with Gasteiger partial charge in [-0.25, -0.2) is 0 Å². The van der Waals surface area contributed by atoms with Crippen molar-refractivity contribution in [2.24, 2.45) is 5.92 Å². The van der Waals surface area contributed by atoms with E-state index in [1.165, 1.54) is 32.4 Å². The summed E-state index contributed by atoms with van der Waals surface area (Å²) >= 11 is 0. The lowest BCUT2D eigenvalue weighted by Gasteiger charge is -2.29. The number of amides is 1. The van der Waals surface area contributed by atoms with Crippen molar-refractivity contribution in [1.82, 2.24) is 20.4 Å². The summed E-state index contributed by atoms with van der Waals surface area (Å²) in [5.74, 6) is 2.29. The van der Waals surface area contributed by atoms with E-state index in [4.69, 9.17) is 9.26 Å². The van der Waals surface area contributed by atoms with Gasteiger partial charge in [-0.1, -0.05) is 18.5 Å². The zero-order chi connectivity index (χ0) is 20.5. The number of nitrogens with one attached hydrogen (secondary N) is 1. The van der Waals surface area contributed by atoms with Crippen molar-refractivity contribution in [3.8, 4) is 17.1 Å². The molecular weight excluding hydrogens is 368 g/mol. The van der Waals surface area contributed by atoms with Crippen LogP contribution in [0.15, 0.2) is 28.8 Å². The van der Waals surface area contributed by atoms with Crippen molar-refractivity contribution in [2.45, 2.75) is 46.0 Å². The molecule has 0 aliphatic carbocycles. The molecule has 0 radical (unpaired) electrons. The Kier molecular flexibility index (Phi) is 8.04. The predicted molar refractivity (Wildman–Crippen MR) is 112 cm³/mol. The quantitative estimate of drug-likeness (QED) is 0.659. The monoisotopic (exact) mass is 400 g/mol. The van der Waals surface area contributed by atoms with E-state index >= 15 is 0 Å². The van der Waals surface area contributed by atoms with E-state index < -0.39 is 0 Å². The maximum Gasteiger partial charge on any atom is 0.227 e. The summed E-state index contributed by atoms with van der Waals surface area (Å²) in [5.41, 5.74) is 0.861. The summed E-state index contributed by atoms with van der Waals surface area (Å²) in [5, 5.41) is 7.04. The van der Waals surface area contributed by atoms with Crippen LogP contribution < -0.4 is 10.1 Å². The van der Waals surface area contributed by atoms with Crippen LogP contribution in [0.25, 0.3) is 11.4 Å². The van der Waals surface area contributed by atoms with Gasteiger partial charge in [-0.2, -0.15) is 4.98 Å². The second-order valence-corrected chi connectivity index (χ2v) is 7.74. The van der Waals surface area contributed by atoms with Crippen LogP contribution in [0.3, 0.4) is 0 Å². The lowest BCUT2D eigenvalue weighted by Crippen LogP contribution is -2.38. The zero-order valence-electron chi connectivity index (χ0n) is 17.5. The average Bonchev–Trinajstić information content (AvgIpc) is 3.21. The topological polar surface area (TPSA) is 80.5 Å². The van der Waals surface area contributed by atoms with Gasteiger partial charge in [-0.15, -0.1) is 0 Å². The minimum Gasteiger partial charge on any atom is -0.494 e.